The fourth-order valence-corrected chi connectivity index (χ4v) is 7.69. The third kappa shape index (κ3) is 3.82. The minimum Gasteiger partial charge on any atom is -0.494 e. The van der Waals surface area contributed by atoms with Crippen molar-refractivity contribution in [2.24, 2.45) is 24.6 Å². The predicted octanol–water partition coefficient (Wildman–Crippen LogP) is 4.72. The van der Waals surface area contributed by atoms with Gasteiger partial charge in [-0.15, -0.1) is 11.3 Å². The number of fused-ring (bicyclic) bond motifs is 4. The average molecular weight is 532 g/mol. The largest absolute Gasteiger partial charge is 0.494 e. The van der Waals surface area contributed by atoms with E-state index in [1.54, 1.807) is 18.4 Å². The summed E-state index contributed by atoms with van der Waals surface area (Å²) in [5.74, 6) is 2.64. The summed E-state index contributed by atoms with van der Waals surface area (Å²) in [6, 6.07) is 6.41. The van der Waals surface area contributed by atoms with E-state index in [0.717, 1.165) is 48.5 Å². The van der Waals surface area contributed by atoms with Crippen LogP contribution in [0.4, 0.5) is 0 Å². The Morgan fingerprint density at radius 1 is 1.16 bits per heavy atom. The normalized spacial score (nSPS) is 20.7. The van der Waals surface area contributed by atoms with Crippen molar-refractivity contribution in [1.29, 1.82) is 0 Å². The lowest BCUT2D eigenvalue weighted by Crippen LogP contribution is -2.37. The number of piperidine rings is 1. The molecule has 2 atom stereocenters. The van der Waals surface area contributed by atoms with Gasteiger partial charge in [0.2, 0.25) is 5.91 Å². The Bertz CT molecular complexity index is 1590. The summed E-state index contributed by atoms with van der Waals surface area (Å²) < 4.78 is 11.5. The van der Waals surface area contributed by atoms with Gasteiger partial charge in [0.25, 0.3) is 5.91 Å². The lowest BCUT2D eigenvalue weighted by molar-refractivity contribution is -0.117. The number of amides is 2. The standard InChI is InChI=1S/C29H33N5O3S/c1-32-27-21(10-19(11-23(27)37-2)29(36)33-14-17-5-7-20(33)9-17)31-28(32)22-12-24-26(34(22)13-16-3-4-16)18(15-38-24)6-8-25(30)35/h10-12,15-17,20H,3-9,13-14H2,1-2H3,(H2,30,35)/t17-,20+/m0/s1. The van der Waals surface area contributed by atoms with Crippen molar-refractivity contribution in [2.75, 3.05) is 13.7 Å². The van der Waals surface area contributed by atoms with Crippen LogP contribution in [0.3, 0.4) is 0 Å². The van der Waals surface area contributed by atoms with E-state index in [1.807, 2.05) is 19.2 Å². The minimum atomic E-state index is -0.278. The van der Waals surface area contributed by atoms with Crippen molar-refractivity contribution in [1.82, 2.24) is 19.0 Å². The minimum absolute atomic E-state index is 0.0846. The number of aromatic nitrogens is 3. The number of hydrogen-bond acceptors (Lipinski definition) is 5. The molecule has 2 bridgehead atoms. The molecule has 0 radical (unpaired) electrons. The van der Waals surface area contributed by atoms with Crippen LogP contribution >= 0.6 is 11.3 Å². The predicted molar refractivity (Wildman–Crippen MR) is 148 cm³/mol. The van der Waals surface area contributed by atoms with E-state index in [1.165, 1.54) is 35.0 Å². The fraction of sp³-hybridized carbons (Fsp3) is 0.483. The third-order valence-electron chi connectivity index (χ3n) is 8.77. The molecule has 3 fully saturated rings. The Hall–Kier alpha value is -3.33. The number of thiophene rings is 1. The molecule has 1 saturated heterocycles. The summed E-state index contributed by atoms with van der Waals surface area (Å²) in [6.07, 6.45) is 6.94. The maximum atomic E-state index is 13.5. The Kier molecular flexibility index (Phi) is 5.54. The zero-order valence-electron chi connectivity index (χ0n) is 21.9. The molecule has 0 unspecified atom stereocenters. The molecule has 0 spiro atoms. The van der Waals surface area contributed by atoms with Gasteiger partial charge in [-0.25, -0.2) is 4.98 Å². The maximum Gasteiger partial charge on any atom is 0.254 e. The van der Waals surface area contributed by atoms with Gasteiger partial charge >= 0.3 is 0 Å². The van der Waals surface area contributed by atoms with Crippen LogP contribution in [-0.4, -0.2) is 50.5 Å². The topological polar surface area (TPSA) is 95.4 Å². The zero-order valence-corrected chi connectivity index (χ0v) is 22.7. The third-order valence-corrected chi connectivity index (χ3v) is 9.74. The molecule has 8 nitrogen and oxygen atoms in total. The number of likely N-dealkylation sites (tertiary alicyclic amines) is 1. The van der Waals surface area contributed by atoms with Crippen LogP contribution in [0.5, 0.6) is 5.75 Å². The molecule has 38 heavy (non-hydrogen) atoms. The van der Waals surface area contributed by atoms with Crippen molar-refractivity contribution in [2.45, 2.75) is 57.5 Å². The maximum absolute atomic E-state index is 13.5. The van der Waals surface area contributed by atoms with Gasteiger partial charge in [-0.3, -0.25) is 9.59 Å². The molecule has 3 aromatic heterocycles. The molecule has 2 N–H and O–H groups in total. The van der Waals surface area contributed by atoms with E-state index in [4.69, 9.17) is 15.5 Å². The highest BCUT2D eigenvalue weighted by molar-refractivity contribution is 7.17. The van der Waals surface area contributed by atoms with E-state index >= 15 is 0 Å². The molecule has 1 aliphatic heterocycles. The van der Waals surface area contributed by atoms with Gasteiger partial charge in [-0.2, -0.15) is 0 Å². The van der Waals surface area contributed by atoms with Gasteiger partial charge in [0.1, 0.15) is 11.3 Å². The number of imidazole rings is 1. The van der Waals surface area contributed by atoms with E-state index in [0.29, 0.717) is 42.0 Å². The lowest BCUT2D eigenvalue weighted by Gasteiger charge is -2.27. The Morgan fingerprint density at radius 2 is 2.00 bits per heavy atom. The monoisotopic (exact) mass is 531 g/mol. The summed E-state index contributed by atoms with van der Waals surface area (Å²) in [5, 5.41) is 2.15. The van der Waals surface area contributed by atoms with E-state index < -0.39 is 0 Å². The molecule has 198 valence electrons. The fourth-order valence-electron chi connectivity index (χ4n) is 6.66. The van der Waals surface area contributed by atoms with Crippen molar-refractivity contribution in [3.05, 3.63) is 34.7 Å². The van der Waals surface area contributed by atoms with Crippen molar-refractivity contribution in [3.8, 4) is 17.3 Å². The molecule has 7 rings (SSSR count). The Balaban J connectivity index is 1.33. The quantitative estimate of drug-likeness (QED) is 0.356. The van der Waals surface area contributed by atoms with Crippen molar-refractivity contribution < 1.29 is 14.3 Å². The first-order valence-corrected chi connectivity index (χ1v) is 14.5. The van der Waals surface area contributed by atoms with Crippen LogP contribution in [0.25, 0.3) is 32.8 Å². The van der Waals surface area contributed by atoms with Gasteiger partial charge in [0, 0.05) is 38.2 Å². The molecule has 2 saturated carbocycles. The number of nitrogens with two attached hydrogens (primary N) is 1. The van der Waals surface area contributed by atoms with Crippen molar-refractivity contribution in [3.63, 3.8) is 0 Å². The van der Waals surface area contributed by atoms with Crippen LogP contribution in [-0.2, 0) is 24.8 Å². The number of methoxy groups -OCH3 is 1. The lowest BCUT2D eigenvalue weighted by atomic mass is 10.1. The number of carbonyl (C=O) groups is 2. The highest BCUT2D eigenvalue weighted by Crippen LogP contribution is 2.42. The van der Waals surface area contributed by atoms with Crippen LogP contribution in [0.1, 0.15) is 54.4 Å². The number of aryl methyl sites for hydroxylation is 2. The van der Waals surface area contributed by atoms with Crippen LogP contribution in [0.15, 0.2) is 23.6 Å². The molecular formula is C29H33N5O3S. The summed E-state index contributed by atoms with van der Waals surface area (Å²) in [7, 11) is 3.68. The molecule has 4 heterocycles. The zero-order chi connectivity index (χ0) is 26.1. The molecule has 1 aromatic carbocycles. The highest BCUT2D eigenvalue weighted by atomic mass is 32.1. The van der Waals surface area contributed by atoms with E-state index in [9.17, 15) is 9.59 Å². The Labute approximate surface area is 225 Å². The number of rotatable bonds is 8. The van der Waals surface area contributed by atoms with Gasteiger partial charge in [-0.1, -0.05) is 0 Å². The van der Waals surface area contributed by atoms with Crippen LogP contribution < -0.4 is 10.5 Å². The first-order valence-electron chi connectivity index (χ1n) is 13.6. The van der Waals surface area contributed by atoms with Crippen molar-refractivity contribution >= 4 is 44.4 Å². The molecule has 9 heteroatoms. The summed E-state index contributed by atoms with van der Waals surface area (Å²) in [6.45, 7) is 1.79. The number of primary amides is 1. The number of hydrogen-bond donors (Lipinski definition) is 1. The van der Waals surface area contributed by atoms with E-state index in [-0.39, 0.29) is 11.8 Å². The second-order valence-corrected chi connectivity index (χ2v) is 12.3. The number of carbonyl (C=O) groups excluding carboxylic acids is 2. The van der Waals surface area contributed by atoms with Gasteiger partial charge in [0.15, 0.2) is 5.82 Å². The first kappa shape index (κ1) is 23.8. The smallest absolute Gasteiger partial charge is 0.254 e. The SMILES string of the molecule is COc1cc(C(=O)N2C[C@H]3CC[C@@H]2C3)cc2nc(-c3cc4scc(CCC(N)=O)c4n3CC3CC3)n(C)c12. The van der Waals surface area contributed by atoms with Gasteiger partial charge in [0.05, 0.1) is 28.5 Å². The number of ether oxygens (including phenoxy) is 1. The highest BCUT2D eigenvalue weighted by Gasteiger charge is 2.40. The second-order valence-electron chi connectivity index (χ2n) is 11.4. The second kappa shape index (κ2) is 8.86. The van der Waals surface area contributed by atoms with E-state index in [2.05, 4.69) is 25.5 Å². The summed E-state index contributed by atoms with van der Waals surface area (Å²) >= 11 is 1.70. The molecular weight excluding hydrogens is 498 g/mol. The molecule has 3 aliphatic rings. The van der Waals surface area contributed by atoms with Crippen LogP contribution in [0.2, 0.25) is 0 Å². The number of benzene rings is 1. The summed E-state index contributed by atoms with van der Waals surface area (Å²) in [4.78, 5) is 32.2. The molecule has 2 amide bonds. The number of nitrogens with zero attached hydrogens (tertiary/aromatic N) is 4. The molecule has 2 aliphatic carbocycles. The van der Waals surface area contributed by atoms with Gasteiger partial charge < -0.3 is 24.5 Å². The van der Waals surface area contributed by atoms with Gasteiger partial charge in [-0.05, 0) is 79.5 Å². The average Bonchev–Trinajstić information content (AvgIpc) is 3.30. The molecule has 4 aromatic rings. The Morgan fingerprint density at radius 3 is 2.68 bits per heavy atom. The summed E-state index contributed by atoms with van der Waals surface area (Å²) in [5.41, 5.74) is 11.2. The van der Waals surface area contributed by atoms with Crippen LogP contribution in [0, 0.1) is 11.8 Å². The first-order chi connectivity index (χ1) is 18.4.